The summed E-state index contributed by atoms with van der Waals surface area (Å²) in [6.45, 7) is 9.16. The molecule has 6 aromatic carbocycles. The van der Waals surface area contributed by atoms with Crippen molar-refractivity contribution in [2.75, 3.05) is 0 Å². The van der Waals surface area contributed by atoms with Crippen LogP contribution >= 0.6 is 0 Å². The summed E-state index contributed by atoms with van der Waals surface area (Å²) in [6.07, 6.45) is 1.84. The minimum absolute atomic E-state index is 0. The number of rotatable bonds is 5. The molecule has 0 spiro atoms. The van der Waals surface area contributed by atoms with E-state index in [1.807, 2.05) is 30.5 Å². The van der Waals surface area contributed by atoms with E-state index < -0.39 is 0 Å². The summed E-state index contributed by atoms with van der Waals surface area (Å²) < 4.78 is 0. The summed E-state index contributed by atoms with van der Waals surface area (Å²) in [4.78, 5) is 4.59. The van der Waals surface area contributed by atoms with Gasteiger partial charge in [0.1, 0.15) is 0 Å². The summed E-state index contributed by atoms with van der Waals surface area (Å²) in [5.41, 5.74) is 17.0. The number of hydrogen-bond acceptors (Lipinski definition) is 1. The molecule has 0 amide bonds. The Labute approximate surface area is 304 Å². The molecule has 7 aromatic rings. The Hall–Kier alpha value is -4.88. The van der Waals surface area contributed by atoms with E-state index in [9.17, 15) is 0 Å². The molecular weight excluding hydrogens is 771 g/mol. The summed E-state index contributed by atoms with van der Waals surface area (Å²) in [5.74, 6) is 0. The van der Waals surface area contributed by atoms with Crippen molar-refractivity contribution < 1.29 is 20.1 Å². The molecule has 1 nitrogen and oxygen atoms in total. The van der Waals surface area contributed by atoms with Crippen LogP contribution in [0, 0.1) is 6.07 Å². The van der Waals surface area contributed by atoms with Gasteiger partial charge in [0.15, 0.2) is 0 Å². The Bertz CT molecular complexity index is 2210. The van der Waals surface area contributed by atoms with Crippen LogP contribution in [0.3, 0.4) is 0 Å². The van der Waals surface area contributed by atoms with Crippen LogP contribution in [-0.4, -0.2) is 4.98 Å². The van der Waals surface area contributed by atoms with Crippen LogP contribution < -0.4 is 0 Å². The summed E-state index contributed by atoms with van der Waals surface area (Å²) in [6, 6.07) is 58.8. The van der Waals surface area contributed by atoms with Gasteiger partial charge >= 0.3 is 0 Å². The van der Waals surface area contributed by atoms with Crippen LogP contribution in [0.1, 0.15) is 49.9 Å². The van der Waals surface area contributed by atoms with Crippen LogP contribution in [-0.2, 0) is 30.9 Å². The minimum atomic E-state index is -0.212. The Kier molecular flexibility index (Phi) is 8.57. The van der Waals surface area contributed by atoms with Gasteiger partial charge in [-0.15, -0.1) is 35.4 Å². The molecule has 0 bridgehead atoms. The van der Waals surface area contributed by atoms with Gasteiger partial charge in [0.05, 0.1) is 0 Å². The van der Waals surface area contributed by atoms with E-state index in [2.05, 4.69) is 166 Å². The normalized spacial score (nSPS) is 12.9. The van der Waals surface area contributed by atoms with Crippen LogP contribution in [0.25, 0.3) is 55.8 Å². The van der Waals surface area contributed by atoms with Gasteiger partial charge < -0.3 is 4.98 Å². The number of fused-ring (bicyclic) bond motifs is 3. The van der Waals surface area contributed by atoms with Crippen molar-refractivity contribution in [3.05, 3.63) is 186 Å². The van der Waals surface area contributed by atoms with Gasteiger partial charge in [-0.05, 0) is 103 Å². The molecule has 1 aromatic heterocycles. The van der Waals surface area contributed by atoms with Crippen LogP contribution in [0.15, 0.2) is 158 Å². The third-order valence-corrected chi connectivity index (χ3v) is 10.1. The molecule has 0 atom stereocenters. The molecule has 0 fully saturated rings. The van der Waals surface area contributed by atoms with Gasteiger partial charge in [-0.1, -0.05) is 130 Å². The van der Waals surface area contributed by atoms with Crippen molar-refractivity contribution in [3.63, 3.8) is 0 Å². The molecule has 49 heavy (non-hydrogen) atoms. The first-order valence-electron chi connectivity index (χ1n) is 16.8. The van der Waals surface area contributed by atoms with Crippen LogP contribution in [0.4, 0.5) is 0 Å². The SMILES string of the molecule is CC(C)(C)c1ccc(-c2cc(-c3ccc(C4(C)c5ccccc5-c5ccccc54)cc3)cc(-c3cc[c-]c(-c4ccccn4)c3)c2)cc1.[Ir]. The summed E-state index contributed by atoms with van der Waals surface area (Å²) in [5, 5.41) is 0. The van der Waals surface area contributed by atoms with Crippen molar-refractivity contribution >= 4 is 0 Å². The van der Waals surface area contributed by atoms with Gasteiger partial charge in [0.2, 0.25) is 0 Å². The molecule has 241 valence electrons. The Morgan fingerprint density at radius 2 is 1.06 bits per heavy atom. The second-order valence-electron chi connectivity index (χ2n) is 14.1. The number of nitrogens with zero attached hydrogens (tertiary/aromatic N) is 1. The average molecular weight is 809 g/mol. The predicted molar refractivity (Wildman–Crippen MR) is 201 cm³/mol. The smallest absolute Gasteiger partial charge is 0.0435 e. The Balaban J connectivity index is 0.00000378. The number of pyridine rings is 1. The van der Waals surface area contributed by atoms with Crippen molar-refractivity contribution in [1.29, 1.82) is 0 Å². The van der Waals surface area contributed by atoms with E-state index in [1.54, 1.807) is 0 Å². The van der Waals surface area contributed by atoms with Crippen molar-refractivity contribution in [2.24, 2.45) is 0 Å². The third kappa shape index (κ3) is 5.90. The number of benzene rings is 6. The summed E-state index contributed by atoms with van der Waals surface area (Å²) in [7, 11) is 0. The second kappa shape index (κ2) is 12.9. The molecule has 2 heteroatoms. The maximum atomic E-state index is 4.59. The van der Waals surface area contributed by atoms with Gasteiger partial charge in [0.25, 0.3) is 0 Å². The van der Waals surface area contributed by atoms with E-state index in [0.29, 0.717) is 0 Å². The maximum Gasteiger partial charge on any atom is 0.0435 e. The number of aromatic nitrogens is 1. The van der Waals surface area contributed by atoms with E-state index in [-0.39, 0.29) is 30.9 Å². The summed E-state index contributed by atoms with van der Waals surface area (Å²) >= 11 is 0. The third-order valence-electron chi connectivity index (χ3n) is 10.1. The second-order valence-corrected chi connectivity index (χ2v) is 14.1. The molecule has 1 aliphatic carbocycles. The standard InChI is InChI=1S/C47H38N.Ir/c1-46(2,3)39-23-19-32(20-24-39)36-29-37(31-38(30-36)34-12-11-13-35(28-34)45-18-9-10-27-48-45)33-21-25-40(26-22-33)47(4)43-16-7-5-14-41(43)42-15-6-8-17-44(42)47;/h5-12,14-31H,1-4H3;/q-1;. The maximum absolute atomic E-state index is 4.59. The molecule has 0 N–H and O–H groups in total. The van der Waals surface area contributed by atoms with Crippen LogP contribution in [0.2, 0.25) is 0 Å². The fourth-order valence-corrected chi connectivity index (χ4v) is 7.37. The molecule has 1 heterocycles. The van der Waals surface area contributed by atoms with Gasteiger partial charge in [-0.3, -0.25) is 0 Å². The first-order valence-corrected chi connectivity index (χ1v) is 16.8. The molecule has 0 unspecified atom stereocenters. The van der Waals surface area contributed by atoms with E-state index >= 15 is 0 Å². The Morgan fingerprint density at radius 3 is 1.61 bits per heavy atom. The monoisotopic (exact) mass is 809 g/mol. The van der Waals surface area contributed by atoms with Crippen molar-refractivity contribution in [3.8, 4) is 55.8 Å². The first-order chi connectivity index (χ1) is 23.3. The van der Waals surface area contributed by atoms with Crippen LogP contribution in [0.5, 0.6) is 0 Å². The first kappa shape index (κ1) is 32.7. The zero-order valence-electron chi connectivity index (χ0n) is 28.3. The fourth-order valence-electron chi connectivity index (χ4n) is 7.37. The zero-order chi connectivity index (χ0) is 32.9. The quantitative estimate of drug-likeness (QED) is 0.158. The van der Waals surface area contributed by atoms with Crippen molar-refractivity contribution in [1.82, 2.24) is 4.98 Å². The molecule has 0 saturated carbocycles. The molecule has 0 aliphatic heterocycles. The predicted octanol–water partition coefficient (Wildman–Crippen LogP) is 12.2. The zero-order valence-corrected chi connectivity index (χ0v) is 30.7. The molecule has 1 aliphatic rings. The largest absolute Gasteiger partial charge is 0.305 e. The molecule has 1 radical (unpaired) electrons. The van der Waals surface area contributed by atoms with E-state index in [1.165, 1.54) is 61.2 Å². The number of hydrogen-bond donors (Lipinski definition) is 0. The molecule has 8 rings (SSSR count). The molecule has 0 saturated heterocycles. The van der Waals surface area contributed by atoms with E-state index in [4.69, 9.17) is 0 Å². The molecular formula is C47H38IrN-. The van der Waals surface area contributed by atoms with Gasteiger partial charge in [0, 0.05) is 31.7 Å². The average Bonchev–Trinajstić information content (AvgIpc) is 3.40. The fraction of sp³-hybridized carbons (Fsp3) is 0.128. The van der Waals surface area contributed by atoms with Crippen molar-refractivity contribution in [2.45, 2.75) is 38.5 Å². The Morgan fingerprint density at radius 1 is 0.531 bits per heavy atom. The van der Waals surface area contributed by atoms with Gasteiger partial charge in [-0.2, -0.15) is 0 Å². The minimum Gasteiger partial charge on any atom is -0.305 e. The topological polar surface area (TPSA) is 12.9 Å². The van der Waals surface area contributed by atoms with Gasteiger partial charge in [-0.25, -0.2) is 0 Å². The van der Waals surface area contributed by atoms with E-state index in [0.717, 1.165) is 16.8 Å².